The van der Waals surface area contributed by atoms with E-state index < -0.39 is 17.1 Å². The number of carbonyl (C=O) groups is 3. The van der Waals surface area contributed by atoms with Gasteiger partial charge in [-0.2, -0.15) is 0 Å². The molecule has 0 bridgehead atoms. The number of aryl methyl sites for hydroxylation is 1. The topological polar surface area (TPSA) is 82.1 Å². The van der Waals surface area contributed by atoms with Gasteiger partial charge in [0.15, 0.2) is 11.5 Å². The molecule has 0 N–H and O–H groups in total. The second kappa shape index (κ2) is 12.8. The molecule has 10 heteroatoms. The molecule has 0 unspecified atom stereocenters. The van der Waals surface area contributed by atoms with Crippen LogP contribution in [0.2, 0.25) is 10.0 Å². The van der Waals surface area contributed by atoms with Crippen molar-refractivity contribution < 1.29 is 28.6 Å². The zero-order chi connectivity index (χ0) is 29.0. The molecule has 3 aromatic rings. The molecule has 1 fully saturated rings. The predicted molar refractivity (Wildman–Crippen MR) is 158 cm³/mol. The smallest absolute Gasteiger partial charge is 0.345 e. The number of hydrogen-bond acceptors (Lipinski definition) is 7. The first-order chi connectivity index (χ1) is 19.1. The molecule has 208 valence electrons. The molecule has 0 aromatic heterocycles. The van der Waals surface area contributed by atoms with Gasteiger partial charge in [-0.05, 0) is 72.1 Å². The minimum absolute atomic E-state index is 0.0804. The molecule has 40 heavy (non-hydrogen) atoms. The third-order valence-corrected chi connectivity index (χ3v) is 7.55. The molecule has 1 heterocycles. The highest BCUT2D eigenvalue weighted by atomic mass is 35.5. The molecular formula is C30H27Cl2NO6S. The Kier molecular flexibility index (Phi) is 9.45. The van der Waals surface area contributed by atoms with Crippen molar-refractivity contribution in [3.05, 3.63) is 91.8 Å². The van der Waals surface area contributed by atoms with E-state index in [1.807, 2.05) is 25.1 Å². The zero-order valence-corrected chi connectivity index (χ0v) is 24.7. The Morgan fingerprint density at radius 2 is 1.82 bits per heavy atom. The van der Waals surface area contributed by atoms with Crippen LogP contribution in [0.3, 0.4) is 0 Å². The third kappa shape index (κ3) is 6.63. The lowest BCUT2D eigenvalue weighted by Crippen LogP contribution is -2.32. The average Bonchev–Trinajstić information content (AvgIpc) is 3.16. The lowest BCUT2D eigenvalue weighted by Gasteiger charge is -2.17. The number of methoxy groups -OCH3 is 1. The van der Waals surface area contributed by atoms with Gasteiger partial charge in [0.2, 0.25) is 0 Å². The molecule has 1 aliphatic heterocycles. The fourth-order valence-electron chi connectivity index (χ4n) is 4.04. The van der Waals surface area contributed by atoms with Crippen molar-refractivity contribution in [3.8, 4) is 17.2 Å². The van der Waals surface area contributed by atoms with Crippen molar-refractivity contribution in [2.24, 2.45) is 0 Å². The molecule has 1 saturated heterocycles. The second-order valence-corrected chi connectivity index (χ2v) is 11.1. The minimum Gasteiger partial charge on any atom is -0.493 e. The van der Waals surface area contributed by atoms with Gasteiger partial charge in [-0.1, -0.05) is 61.3 Å². The highest BCUT2D eigenvalue weighted by Crippen LogP contribution is 2.38. The number of thioether (sulfide) groups is 1. The molecule has 7 nitrogen and oxygen atoms in total. The van der Waals surface area contributed by atoms with E-state index in [1.54, 1.807) is 18.2 Å². The first-order valence-corrected chi connectivity index (χ1v) is 14.0. The van der Waals surface area contributed by atoms with Gasteiger partial charge in [-0.25, -0.2) is 4.79 Å². The monoisotopic (exact) mass is 599 g/mol. The van der Waals surface area contributed by atoms with Crippen molar-refractivity contribution >= 4 is 58.2 Å². The predicted octanol–water partition coefficient (Wildman–Crippen LogP) is 7.77. The van der Waals surface area contributed by atoms with Crippen LogP contribution in [0.4, 0.5) is 4.79 Å². The van der Waals surface area contributed by atoms with Crippen LogP contribution in [0.1, 0.15) is 46.8 Å². The summed E-state index contributed by atoms with van der Waals surface area (Å²) in [5.41, 5.74) is 2.60. The third-order valence-electron chi connectivity index (χ3n) is 6.10. The largest absolute Gasteiger partial charge is 0.493 e. The summed E-state index contributed by atoms with van der Waals surface area (Å²) in [7, 11) is 1.43. The number of nitrogens with zero attached hydrogens (tertiary/aromatic N) is 1. The first kappa shape index (κ1) is 29.5. The second-order valence-electron chi connectivity index (χ2n) is 9.27. The van der Waals surface area contributed by atoms with E-state index in [0.29, 0.717) is 10.6 Å². The Hall–Kier alpha value is -3.46. The molecule has 2 amide bonds. The van der Waals surface area contributed by atoms with E-state index in [2.05, 4.69) is 13.8 Å². The molecule has 0 atom stereocenters. The molecule has 0 spiro atoms. The maximum absolute atomic E-state index is 13.2. The quantitative estimate of drug-likeness (QED) is 0.141. The molecule has 0 saturated carbocycles. The van der Waals surface area contributed by atoms with Crippen molar-refractivity contribution in [2.75, 3.05) is 20.3 Å². The van der Waals surface area contributed by atoms with Crippen LogP contribution < -0.4 is 14.2 Å². The minimum atomic E-state index is -0.733. The number of hydrogen-bond donors (Lipinski definition) is 0. The maximum Gasteiger partial charge on any atom is 0.345 e. The first-order valence-electron chi connectivity index (χ1n) is 12.4. The summed E-state index contributed by atoms with van der Waals surface area (Å²) in [5, 5.41) is 0.0888. The highest BCUT2D eigenvalue weighted by Gasteiger charge is 2.35. The Labute approximate surface area is 247 Å². The van der Waals surface area contributed by atoms with Crippen LogP contribution in [0.15, 0.2) is 59.5 Å². The molecule has 0 aliphatic carbocycles. The van der Waals surface area contributed by atoms with Gasteiger partial charge < -0.3 is 14.2 Å². The van der Waals surface area contributed by atoms with E-state index in [1.165, 1.54) is 31.4 Å². The maximum atomic E-state index is 13.2. The SMILES string of the molecule is COc1cccc(/C=C2\SC(=O)N(CCOc3cc(C)ccc3C(C)C)C2=O)c1OC(=O)c1ccc(Cl)cc1Cl. The van der Waals surface area contributed by atoms with E-state index in [4.69, 9.17) is 37.4 Å². The Morgan fingerprint density at radius 3 is 2.52 bits per heavy atom. The van der Waals surface area contributed by atoms with Crippen LogP contribution in [-0.4, -0.2) is 42.3 Å². The number of halogens is 2. The molecule has 1 aliphatic rings. The number of carbonyl (C=O) groups excluding carboxylic acids is 3. The van der Waals surface area contributed by atoms with Crippen molar-refractivity contribution in [1.82, 2.24) is 4.90 Å². The van der Waals surface area contributed by atoms with Crippen molar-refractivity contribution in [1.29, 1.82) is 0 Å². The lowest BCUT2D eigenvalue weighted by atomic mass is 10.0. The summed E-state index contributed by atoms with van der Waals surface area (Å²) < 4.78 is 17.0. The molecule has 4 rings (SSSR count). The number of imide groups is 1. The van der Waals surface area contributed by atoms with E-state index in [9.17, 15) is 14.4 Å². The van der Waals surface area contributed by atoms with E-state index in [0.717, 1.165) is 33.5 Å². The summed E-state index contributed by atoms with van der Waals surface area (Å²) in [6, 6.07) is 15.4. The summed E-state index contributed by atoms with van der Waals surface area (Å²) in [6.45, 7) is 6.37. The van der Waals surface area contributed by atoms with Gasteiger partial charge in [0.25, 0.3) is 11.1 Å². The Bertz CT molecular complexity index is 1500. The van der Waals surface area contributed by atoms with Gasteiger partial charge in [0.1, 0.15) is 12.4 Å². The fourth-order valence-corrected chi connectivity index (χ4v) is 5.39. The highest BCUT2D eigenvalue weighted by molar-refractivity contribution is 8.18. The van der Waals surface area contributed by atoms with Gasteiger partial charge in [0, 0.05) is 10.6 Å². The van der Waals surface area contributed by atoms with Gasteiger partial charge in [-0.15, -0.1) is 0 Å². The molecular weight excluding hydrogens is 573 g/mol. The van der Waals surface area contributed by atoms with Crippen LogP contribution in [0.25, 0.3) is 6.08 Å². The summed E-state index contributed by atoms with van der Waals surface area (Å²) in [6.07, 6.45) is 1.50. The Morgan fingerprint density at radius 1 is 1.05 bits per heavy atom. The number of rotatable bonds is 9. The van der Waals surface area contributed by atoms with Crippen LogP contribution in [0, 0.1) is 6.92 Å². The number of benzene rings is 3. The summed E-state index contributed by atoms with van der Waals surface area (Å²) in [5.74, 6) is 0.144. The van der Waals surface area contributed by atoms with Crippen LogP contribution >= 0.6 is 35.0 Å². The number of esters is 1. The number of amides is 2. The van der Waals surface area contributed by atoms with Gasteiger partial charge >= 0.3 is 5.97 Å². The van der Waals surface area contributed by atoms with Gasteiger partial charge in [-0.3, -0.25) is 14.5 Å². The zero-order valence-electron chi connectivity index (χ0n) is 22.3. The summed E-state index contributed by atoms with van der Waals surface area (Å²) >= 11 is 12.9. The normalized spacial score (nSPS) is 14.3. The van der Waals surface area contributed by atoms with Crippen LogP contribution in [-0.2, 0) is 4.79 Å². The molecule has 0 radical (unpaired) electrons. The van der Waals surface area contributed by atoms with Crippen LogP contribution in [0.5, 0.6) is 17.2 Å². The number of para-hydroxylation sites is 1. The number of ether oxygens (including phenoxy) is 3. The summed E-state index contributed by atoms with van der Waals surface area (Å²) in [4.78, 5) is 40.1. The molecule has 3 aromatic carbocycles. The lowest BCUT2D eigenvalue weighted by molar-refractivity contribution is -0.123. The average molecular weight is 601 g/mol. The van der Waals surface area contributed by atoms with Crippen molar-refractivity contribution in [3.63, 3.8) is 0 Å². The van der Waals surface area contributed by atoms with Gasteiger partial charge in [0.05, 0.1) is 29.1 Å². The van der Waals surface area contributed by atoms with E-state index >= 15 is 0 Å². The standard InChI is InChI=1S/C30H27Cl2NO6S/c1-17(2)21-10-8-18(3)14-25(21)38-13-12-33-28(34)26(40-30(33)36)15-19-6-5-7-24(37-4)27(19)39-29(35)22-11-9-20(31)16-23(22)32/h5-11,14-17H,12-13H2,1-4H3/b26-15-. The fraction of sp³-hybridized carbons (Fsp3) is 0.233. The van der Waals surface area contributed by atoms with Crippen molar-refractivity contribution in [2.45, 2.75) is 26.7 Å². The Balaban J connectivity index is 1.53. The van der Waals surface area contributed by atoms with E-state index in [-0.39, 0.29) is 46.1 Å².